The minimum atomic E-state index is 0.161. The van der Waals surface area contributed by atoms with E-state index in [1.165, 1.54) is 5.56 Å². The summed E-state index contributed by atoms with van der Waals surface area (Å²) in [5, 5.41) is 6.02. The second-order valence-electron chi connectivity index (χ2n) is 4.14. The predicted molar refractivity (Wildman–Crippen MR) is 63.9 cm³/mol. The van der Waals surface area contributed by atoms with E-state index in [0.717, 1.165) is 25.2 Å². The molecular formula is C12H17N3O. The molecule has 1 aliphatic heterocycles. The van der Waals surface area contributed by atoms with E-state index in [1.54, 1.807) is 0 Å². The molecule has 16 heavy (non-hydrogen) atoms. The zero-order valence-corrected chi connectivity index (χ0v) is 9.20. The van der Waals surface area contributed by atoms with Crippen molar-refractivity contribution >= 4 is 11.6 Å². The lowest BCUT2D eigenvalue weighted by atomic mass is 10.0. The molecule has 4 N–H and O–H groups in total. The molecule has 0 aromatic heterocycles. The van der Waals surface area contributed by atoms with Crippen LogP contribution in [0.2, 0.25) is 0 Å². The molecule has 2 rings (SSSR count). The number of nitrogens with two attached hydrogens (primary N) is 1. The molecule has 86 valence electrons. The van der Waals surface area contributed by atoms with Crippen molar-refractivity contribution in [3.05, 3.63) is 29.8 Å². The molecule has 1 aromatic carbocycles. The molecule has 1 aliphatic rings. The van der Waals surface area contributed by atoms with Crippen LogP contribution in [-0.2, 0) is 11.2 Å². The van der Waals surface area contributed by atoms with Crippen LogP contribution < -0.4 is 16.4 Å². The summed E-state index contributed by atoms with van der Waals surface area (Å²) in [6.07, 6.45) is 0.853. The lowest BCUT2D eigenvalue weighted by Gasteiger charge is -2.25. The second kappa shape index (κ2) is 4.99. The van der Waals surface area contributed by atoms with Crippen molar-refractivity contribution < 1.29 is 4.79 Å². The number of hydrogen-bond acceptors (Lipinski definition) is 3. The van der Waals surface area contributed by atoms with E-state index in [1.807, 2.05) is 24.3 Å². The summed E-state index contributed by atoms with van der Waals surface area (Å²) in [4.78, 5) is 11.5. The van der Waals surface area contributed by atoms with E-state index >= 15 is 0 Å². The number of nitrogens with one attached hydrogen (secondary N) is 2. The maximum Gasteiger partial charge on any atom is 0.225 e. The molecule has 0 radical (unpaired) electrons. The average Bonchev–Trinajstić information content (AvgIpc) is 2.18. The highest BCUT2D eigenvalue weighted by atomic mass is 16.2. The van der Waals surface area contributed by atoms with Crippen LogP contribution in [0.5, 0.6) is 0 Å². The number of hydrogen-bond donors (Lipinski definition) is 3. The van der Waals surface area contributed by atoms with E-state index in [0.29, 0.717) is 6.54 Å². The van der Waals surface area contributed by atoms with Crippen molar-refractivity contribution in [2.45, 2.75) is 6.42 Å². The highest BCUT2D eigenvalue weighted by Crippen LogP contribution is 2.06. The second-order valence-corrected chi connectivity index (χ2v) is 4.14. The molecule has 0 atom stereocenters. The average molecular weight is 219 g/mol. The Morgan fingerprint density at radius 2 is 2.06 bits per heavy atom. The predicted octanol–water partition coefficient (Wildman–Crippen LogP) is 0.147. The fourth-order valence-electron chi connectivity index (χ4n) is 1.63. The first-order valence-electron chi connectivity index (χ1n) is 5.58. The summed E-state index contributed by atoms with van der Waals surface area (Å²) in [6, 6.07) is 7.75. The van der Waals surface area contributed by atoms with Crippen molar-refractivity contribution in [2.24, 2.45) is 5.92 Å². The molecule has 0 aliphatic carbocycles. The van der Waals surface area contributed by atoms with Crippen molar-refractivity contribution in [1.82, 2.24) is 10.6 Å². The number of benzene rings is 1. The molecule has 1 fully saturated rings. The van der Waals surface area contributed by atoms with Gasteiger partial charge in [-0.1, -0.05) is 12.1 Å². The Kier molecular flexibility index (Phi) is 3.41. The van der Waals surface area contributed by atoms with Gasteiger partial charge in [0.2, 0.25) is 5.91 Å². The van der Waals surface area contributed by atoms with Crippen molar-refractivity contribution in [2.75, 3.05) is 25.4 Å². The Morgan fingerprint density at radius 3 is 2.62 bits per heavy atom. The lowest BCUT2D eigenvalue weighted by Crippen LogP contribution is -2.51. The van der Waals surface area contributed by atoms with Crippen LogP contribution in [0, 0.1) is 5.92 Å². The molecule has 1 amide bonds. The third kappa shape index (κ3) is 2.73. The fraction of sp³-hybridized carbons (Fsp3) is 0.417. The molecule has 4 nitrogen and oxygen atoms in total. The van der Waals surface area contributed by atoms with Gasteiger partial charge in [-0.25, -0.2) is 0 Å². The van der Waals surface area contributed by atoms with Crippen LogP contribution in [0.25, 0.3) is 0 Å². The lowest BCUT2D eigenvalue weighted by molar-refractivity contribution is -0.126. The summed E-state index contributed by atoms with van der Waals surface area (Å²) in [5.41, 5.74) is 7.56. The van der Waals surface area contributed by atoms with Crippen LogP contribution in [0.3, 0.4) is 0 Å². The Morgan fingerprint density at radius 1 is 1.38 bits per heavy atom. The van der Waals surface area contributed by atoms with E-state index in [-0.39, 0.29) is 11.8 Å². The van der Waals surface area contributed by atoms with Crippen LogP contribution in [0.1, 0.15) is 5.56 Å². The third-order valence-corrected chi connectivity index (χ3v) is 2.84. The van der Waals surface area contributed by atoms with E-state index < -0.39 is 0 Å². The highest BCUT2D eigenvalue weighted by molar-refractivity contribution is 5.79. The quantitative estimate of drug-likeness (QED) is 0.631. The summed E-state index contributed by atoms with van der Waals surface area (Å²) in [5.74, 6) is 0.334. The first kappa shape index (κ1) is 11.0. The highest BCUT2D eigenvalue weighted by Gasteiger charge is 2.23. The van der Waals surface area contributed by atoms with Crippen LogP contribution in [0.4, 0.5) is 5.69 Å². The zero-order chi connectivity index (χ0) is 11.4. The number of carbonyl (C=O) groups excluding carboxylic acids is 1. The normalized spacial score (nSPS) is 15.5. The van der Waals surface area contributed by atoms with Gasteiger partial charge in [-0.3, -0.25) is 4.79 Å². The van der Waals surface area contributed by atoms with Crippen molar-refractivity contribution in [3.8, 4) is 0 Å². The van der Waals surface area contributed by atoms with Gasteiger partial charge in [-0.05, 0) is 24.1 Å². The van der Waals surface area contributed by atoms with E-state index in [9.17, 15) is 4.79 Å². The van der Waals surface area contributed by atoms with Gasteiger partial charge in [0, 0.05) is 25.3 Å². The monoisotopic (exact) mass is 219 g/mol. The van der Waals surface area contributed by atoms with Crippen LogP contribution >= 0.6 is 0 Å². The largest absolute Gasteiger partial charge is 0.399 e. The molecule has 0 unspecified atom stereocenters. The summed E-state index contributed by atoms with van der Waals surface area (Å²) >= 11 is 0. The molecule has 4 heteroatoms. The summed E-state index contributed by atoms with van der Waals surface area (Å²) in [7, 11) is 0. The maximum atomic E-state index is 11.5. The molecule has 0 saturated carbocycles. The van der Waals surface area contributed by atoms with E-state index in [4.69, 9.17) is 5.73 Å². The van der Waals surface area contributed by atoms with Gasteiger partial charge < -0.3 is 16.4 Å². The van der Waals surface area contributed by atoms with E-state index in [2.05, 4.69) is 10.6 Å². The minimum absolute atomic E-state index is 0.161. The third-order valence-electron chi connectivity index (χ3n) is 2.84. The van der Waals surface area contributed by atoms with Gasteiger partial charge in [-0.2, -0.15) is 0 Å². The molecule has 0 bridgehead atoms. The number of carbonyl (C=O) groups is 1. The summed E-state index contributed by atoms with van der Waals surface area (Å²) < 4.78 is 0. The fourth-order valence-corrected chi connectivity index (χ4v) is 1.63. The maximum absolute atomic E-state index is 11.5. The molecule has 0 spiro atoms. The van der Waals surface area contributed by atoms with Gasteiger partial charge >= 0.3 is 0 Å². The number of anilines is 1. The molecule has 1 saturated heterocycles. The standard InChI is InChI=1S/C12H17N3O/c13-11-3-1-9(2-4-11)5-6-15-12(16)10-7-14-8-10/h1-4,10,14H,5-8,13H2,(H,15,16). The van der Waals surface area contributed by atoms with Crippen molar-refractivity contribution in [3.63, 3.8) is 0 Å². The first-order chi connectivity index (χ1) is 7.75. The Balaban J connectivity index is 1.71. The molecule has 1 aromatic rings. The number of nitrogen functional groups attached to an aromatic ring is 1. The van der Waals surface area contributed by atoms with Crippen LogP contribution in [0.15, 0.2) is 24.3 Å². The molecule has 1 heterocycles. The number of amides is 1. The van der Waals surface area contributed by atoms with Crippen molar-refractivity contribution in [1.29, 1.82) is 0 Å². The number of rotatable bonds is 4. The molecular weight excluding hydrogens is 202 g/mol. The Labute approximate surface area is 95.2 Å². The van der Waals surface area contributed by atoms with Gasteiger partial charge in [-0.15, -0.1) is 0 Å². The zero-order valence-electron chi connectivity index (χ0n) is 9.20. The van der Waals surface area contributed by atoms with Gasteiger partial charge in [0.15, 0.2) is 0 Å². The Bertz CT molecular complexity index is 357. The summed E-state index contributed by atoms with van der Waals surface area (Å²) in [6.45, 7) is 2.32. The Hall–Kier alpha value is -1.55. The topological polar surface area (TPSA) is 67.1 Å². The van der Waals surface area contributed by atoms with Gasteiger partial charge in [0.25, 0.3) is 0 Å². The van der Waals surface area contributed by atoms with Crippen LogP contribution in [-0.4, -0.2) is 25.5 Å². The van der Waals surface area contributed by atoms with Gasteiger partial charge in [0.1, 0.15) is 0 Å². The van der Waals surface area contributed by atoms with Gasteiger partial charge in [0.05, 0.1) is 5.92 Å². The smallest absolute Gasteiger partial charge is 0.225 e. The first-order valence-corrected chi connectivity index (χ1v) is 5.58. The minimum Gasteiger partial charge on any atom is -0.399 e. The SMILES string of the molecule is Nc1ccc(CCNC(=O)C2CNC2)cc1.